The summed E-state index contributed by atoms with van der Waals surface area (Å²) in [6.07, 6.45) is 0.987. The Bertz CT molecular complexity index is 1100. The first kappa shape index (κ1) is 20.0. The first-order valence-corrected chi connectivity index (χ1v) is 10.3. The highest BCUT2D eigenvalue weighted by Crippen LogP contribution is 2.42. The highest BCUT2D eigenvalue weighted by molar-refractivity contribution is 5.64. The van der Waals surface area contributed by atoms with Crippen LogP contribution in [0, 0.1) is 5.82 Å². The van der Waals surface area contributed by atoms with Crippen molar-refractivity contribution in [3.8, 4) is 5.88 Å². The first-order valence-electron chi connectivity index (χ1n) is 10.3. The third kappa shape index (κ3) is 4.30. The lowest BCUT2D eigenvalue weighted by atomic mass is 10.1. The number of piperidine rings is 1. The summed E-state index contributed by atoms with van der Waals surface area (Å²) in [5.41, 5.74) is 0.474. The van der Waals surface area contributed by atoms with Crippen LogP contribution in [0.5, 0.6) is 5.88 Å². The fraction of sp³-hybridized carbons (Fsp3) is 0.429. The zero-order valence-corrected chi connectivity index (χ0v) is 16.5. The van der Waals surface area contributed by atoms with E-state index in [-0.39, 0.29) is 11.8 Å². The van der Waals surface area contributed by atoms with Gasteiger partial charge in [0.1, 0.15) is 17.7 Å². The smallest absolute Gasteiger partial charge is 0.416 e. The molecular formula is C21H21F4N5O. The van der Waals surface area contributed by atoms with Crippen molar-refractivity contribution >= 4 is 17.2 Å². The summed E-state index contributed by atoms with van der Waals surface area (Å²) in [5.74, 6) is 0.106. The average molecular weight is 435 g/mol. The summed E-state index contributed by atoms with van der Waals surface area (Å²) < 4.78 is 60.8. The van der Waals surface area contributed by atoms with Gasteiger partial charge in [0.25, 0.3) is 0 Å². The van der Waals surface area contributed by atoms with Gasteiger partial charge in [-0.25, -0.2) is 4.39 Å². The molecule has 1 aliphatic carbocycles. The van der Waals surface area contributed by atoms with Gasteiger partial charge >= 0.3 is 6.18 Å². The Labute approximate surface area is 175 Å². The van der Waals surface area contributed by atoms with E-state index in [2.05, 4.69) is 20.7 Å². The number of hydrogen-bond acceptors (Lipinski definition) is 5. The number of nitrogens with zero attached hydrogens (tertiary/aromatic N) is 3. The van der Waals surface area contributed by atoms with Crippen LogP contribution in [0.2, 0.25) is 0 Å². The fourth-order valence-electron chi connectivity index (χ4n) is 3.85. The zero-order valence-electron chi connectivity index (χ0n) is 16.5. The summed E-state index contributed by atoms with van der Waals surface area (Å²) >= 11 is 0. The number of ether oxygens (including phenoxy) is 1. The number of benzene rings is 1. The molecule has 31 heavy (non-hydrogen) atoms. The lowest BCUT2D eigenvalue weighted by molar-refractivity contribution is -0.137. The molecule has 1 saturated heterocycles. The lowest BCUT2D eigenvalue weighted by Gasteiger charge is -2.23. The molecule has 0 bridgehead atoms. The number of anilines is 2. The van der Waals surface area contributed by atoms with E-state index >= 15 is 0 Å². The second kappa shape index (κ2) is 7.67. The van der Waals surface area contributed by atoms with Gasteiger partial charge in [0.15, 0.2) is 5.65 Å². The minimum absolute atomic E-state index is 0.0337. The number of hydrogen-bond donors (Lipinski definition) is 2. The van der Waals surface area contributed by atoms with E-state index in [9.17, 15) is 17.6 Å². The highest BCUT2D eigenvalue weighted by Gasteiger charge is 2.32. The fourth-order valence-corrected chi connectivity index (χ4v) is 3.85. The van der Waals surface area contributed by atoms with Gasteiger partial charge in [-0.2, -0.15) is 27.8 Å². The van der Waals surface area contributed by atoms with Crippen LogP contribution in [0.1, 0.15) is 42.7 Å². The van der Waals surface area contributed by atoms with Crippen molar-refractivity contribution in [2.45, 2.75) is 43.9 Å². The third-order valence-electron chi connectivity index (χ3n) is 5.53. The maximum atomic E-state index is 13.9. The molecular weight excluding hydrogens is 414 g/mol. The number of alkyl halides is 3. The molecule has 0 radical (unpaired) electrons. The minimum atomic E-state index is -4.65. The molecule has 2 fully saturated rings. The molecule has 1 aromatic carbocycles. The topological polar surface area (TPSA) is 63.5 Å². The van der Waals surface area contributed by atoms with Crippen molar-refractivity contribution in [2.24, 2.45) is 0 Å². The average Bonchev–Trinajstić information content (AvgIpc) is 3.47. The standard InChI is InChI=1S/C21H21F4N5O/c22-14-6-13(21(23,24)25)7-15(8-14)28-18-9-19(31-16-2-1-5-26-10-16)29-20-17(12-3-4-12)11-27-30(18)20/h6-9,11-12,16,26,28H,1-5,10H2/t16-/m0/s1. The highest BCUT2D eigenvalue weighted by atomic mass is 19.4. The summed E-state index contributed by atoms with van der Waals surface area (Å²) in [5, 5.41) is 10.5. The van der Waals surface area contributed by atoms with Crippen molar-refractivity contribution in [2.75, 3.05) is 18.4 Å². The van der Waals surface area contributed by atoms with Crippen LogP contribution in [0.25, 0.3) is 5.65 Å². The quantitative estimate of drug-likeness (QED) is 0.572. The van der Waals surface area contributed by atoms with Gasteiger partial charge in [0.2, 0.25) is 5.88 Å². The molecule has 10 heteroatoms. The molecule has 3 heterocycles. The number of fused-ring (bicyclic) bond motifs is 1. The number of aromatic nitrogens is 3. The van der Waals surface area contributed by atoms with Gasteiger partial charge in [0.05, 0.1) is 11.8 Å². The summed E-state index contributed by atoms with van der Waals surface area (Å²) in [6, 6.07) is 3.94. The summed E-state index contributed by atoms with van der Waals surface area (Å²) in [4.78, 5) is 4.62. The Morgan fingerprint density at radius 3 is 2.68 bits per heavy atom. The van der Waals surface area contributed by atoms with Crippen molar-refractivity contribution in [3.63, 3.8) is 0 Å². The van der Waals surface area contributed by atoms with Crippen LogP contribution in [-0.2, 0) is 6.18 Å². The van der Waals surface area contributed by atoms with Crippen molar-refractivity contribution in [1.82, 2.24) is 19.9 Å². The molecule has 0 spiro atoms. The van der Waals surface area contributed by atoms with Crippen molar-refractivity contribution in [1.29, 1.82) is 0 Å². The Kier molecular flexibility index (Phi) is 4.96. The molecule has 2 aromatic heterocycles. The second-order valence-corrected chi connectivity index (χ2v) is 8.03. The summed E-state index contributed by atoms with van der Waals surface area (Å²) in [6.45, 7) is 1.64. The monoisotopic (exact) mass is 435 g/mol. The molecule has 1 aliphatic heterocycles. The minimum Gasteiger partial charge on any atom is -0.473 e. The molecule has 6 nitrogen and oxygen atoms in total. The SMILES string of the molecule is Fc1cc(Nc2cc(O[C@H]3CCCNC3)nc3c(C4CC4)cnn23)cc(C(F)(F)F)c1. The molecule has 164 valence electrons. The largest absolute Gasteiger partial charge is 0.473 e. The van der Waals surface area contributed by atoms with E-state index < -0.39 is 17.6 Å². The first-order chi connectivity index (χ1) is 14.9. The normalized spacial score (nSPS) is 19.5. The molecule has 0 unspecified atom stereocenters. The van der Waals surface area contributed by atoms with Gasteiger partial charge in [-0.05, 0) is 56.3 Å². The second-order valence-electron chi connectivity index (χ2n) is 8.03. The van der Waals surface area contributed by atoms with Crippen LogP contribution in [0.4, 0.5) is 29.1 Å². The van der Waals surface area contributed by atoms with E-state index in [1.165, 1.54) is 4.52 Å². The third-order valence-corrected chi connectivity index (χ3v) is 5.53. The van der Waals surface area contributed by atoms with E-state index in [1.807, 2.05) is 0 Å². The predicted octanol–water partition coefficient (Wildman–Crippen LogP) is 4.64. The predicted molar refractivity (Wildman–Crippen MR) is 106 cm³/mol. The molecule has 1 atom stereocenters. The zero-order chi connectivity index (χ0) is 21.6. The molecule has 0 amide bonds. The van der Waals surface area contributed by atoms with Gasteiger partial charge in [0, 0.05) is 23.9 Å². The van der Waals surface area contributed by atoms with Crippen LogP contribution in [0.3, 0.4) is 0 Å². The van der Waals surface area contributed by atoms with Crippen molar-refractivity contribution < 1.29 is 22.3 Å². The molecule has 3 aromatic rings. The lowest BCUT2D eigenvalue weighted by Crippen LogP contribution is -2.37. The summed E-state index contributed by atoms with van der Waals surface area (Å²) in [7, 11) is 0. The van der Waals surface area contributed by atoms with Crippen LogP contribution < -0.4 is 15.4 Å². The molecule has 1 saturated carbocycles. The van der Waals surface area contributed by atoms with E-state index in [4.69, 9.17) is 4.74 Å². The molecule has 5 rings (SSSR count). The van der Waals surface area contributed by atoms with Gasteiger partial charge in [-0.15, -0.1) is 0 Å². The maximum Gasteiger partial charge on any atom is 0.416 e. The Hall–Kier alpha value is -2.88. The van der Waals surface area contributed by atoms with Gasteiger partial charge in [-0.1, -0.05) is 0 Å². The van der Waals surface area contributed by atoms with Crippen molar-refractivity contribution in [3.05, 3.63) is 47.4 Å². The number of rotatable bonds is 5. The molecule has 2 N–H and O–H groups in total. The number of halogens is 4. The van der Waals surface area contributed by atoms with E-state index in [1.54, 1.807) is 12.3 Å². The van der Waals surface area contributed by atoms with E-state index in [0.717, 1.165) is 49.9 Å². The number of nitrogens with one attached hydrogen (secondary N) is 2. The molecule has 2 aliphatic rings. The maximum absolute atomic E-state index is 13.9. The Morgan fingerprint density at radius 1 is 1.13 bits per heavy atom. The van der Waals surface area contributed by atoms with E-state index in [0.29, 0.717) is 35.9 Å². The Balaban J connectivity index is 1.53. The van der Waals surface area contributed by atoms with Gasteiger partial charge < -0.3 is 15.4 Å². The Morgan fingerprint density at radius 2 is 1.97 bits per heavy atom. The van der Waals surface area contributed by atoms with Gasteiger partial charge in [-0.3, -0.25) is 0 Å². The van der Waals surface area contributed by atoms with Crippen LogP contribution in [0.15, 0.2) is 30.5 Å². The van der Waals surface area contributed by atoms with Crippen LogP contribution >= 0.6 is 0 Å². The van der Waals surface area contributed by atoms with Crippen LogP contribution in [-0.4, -0.2) is 33.8 Å².